The summed E-state index contributed by atoms with van der Waals surface area (Å²) in [5, 5.41) is 8.83. The molecule has 1 aromatic carbocycles. The highest BCUT2D eigenvalue weighted by Gasteiger charge is 2.18. The van der Waals surface area contributed by atoms with Crippen molar-refractivity contribution in [2.75, 3.05) is 7.05 Å². The fourth-order valence-electron chi connectivity index (χ4n) is 1.94. The molecule has 106 valence electrons. The van der Waals surface area contributed by atoms with E-state index in [1.807, 2.05) is 18.9 Å². The summed E-state index contributed by atoms with van der Waals surface area (Å²) in [6, 6.07) is 9.48. The number of carboxylic acids is 1. The Morgan fingerprint density at radius 3 is 2.65 bits per heavy atom. The van der Waals surface area contributed by atoms with Crippen LogP contribution in [0.2, 0.25) is 0 Å². The first kappa shape index (κ1) is 14.3. The van der Waals surface area contributed by atoms with E-state index in [-0.39, 0.29) is 17.6 Å². The minimum atomic E-state index is -1.10. The molecule has 0 bridgehead atoms. The lowest BCUT2D eigenvalue weighted by atomic mass is 10.1. The van der Waals surface area contributed by atoms with Gasteiger partial charge in [0.25, 0.3) is 0 Å². The predicted molar refractivity (Wildman–Crippen MR) is 71.9 cm³/mol. The zero-order valence-electron chi connectivity index (χ0n) is 11.3. The van der Waals surface area contributed by atoms with Crippen LogP contribution in [0.5, 0.6) is 0 Å². The average molecular weight is 277 g/mol. The van der Waals surface area contributed by atoms with Gasteiger partial charge in [-0.1, -0.05) is 18.2 Å². The Kier molecular flexibility index (Phi) is 4.20. The van der Waals surface area contributed by atoms with E-state index >= 15 is 0 Å². The first-order valence-electron chi connectivity index (χ1n) is 6.25. The molecule has 0 amide bonds. The van der Waals surface area contributed by atoms with E-state index in [4.69, 9.17) is 9.52 Å². The van der Waals surface area contributed by atoms with Crippen LogP contribution in [0.15, 0.2) is 40.8 Å². The van der Waals surface area contributed by atoms with Crippen LogP contribution in [0.25, 0.3) is 0 Å². The SMILES string of the molecule is CC(c1ccc(C(=O)O)o1)N(C)Cc1ccccc1F. The zero-order valence-corrected chi connectivity index (χ0v) is 11.3. The van der Waals surface area contributed by atoms with Gasteiger partial charge in [-0.15, -0.1) is 0 Å². The number of halogens is 1. The first-order chi connectivity index (χ1) is 9.49. The molecule has 1 aromatic heterocycles. The monoisotopic (exact) mass is 277 g/mol. The molecule has 0 radical (unpaired) electrons. The van der Waals surface area contributed by atoms with Gasteiger partial charge in [-0.3, -0.25) is 4.90 Å². The van der Waals surface area contributed by atoms with Gasteiger partial charge in [0.1, 0.15) is 11.6 Å². The summed E-state index contributed by atoms with van der Waals surface area (Å²) in [4.78, 5) is 12.7. The number of hydrogen-bond donors (Lipinski definition) is 1. The molecule has 0 aliphatic rings. The van der Waals surface area contributed by atoms with Crippen molar-refractivity contribution in [3.8, 4) is 0 Å². The molecule has 0 spiro atoms. The minimum absolute atomic E-state index is 0.0915. The molecule has 0 aliphatic heterocycles. The van der Waals surface area contributed by atoms with Gasteiger partial charge in [0.15, 0.2) is 0 Å². The van der Waals surface area contributed by atoms with Crippen LogP contribution in [0.3, 0.4) is 0 Å². The zero-order chi connectivity index (χ0) is 14.7. The topological polar surface area (TPSA) is 53.7 Å². The minimum Gasteiger partial charge on any atom is -0.475 e. The van der Waals surface area contributed by atoms with Crippen LogP contribution >= 0.6 is 0 Å². The highest BCUT2D eigenvalue weighted by Crippen LogP contribution is 2.23. The molecule has 1 unspecified atom stereocenters. The number of furan rings is 1. The van der Waals surface area contributed by atoms with Crippen molar-refractivity contribution in [2.24, 2.45) is 0 Å². The Hall–Kier alpha value is -2.14. The lowest BCUT2D eigenvalue weighted by molar-refractivity contribution is 0.0656. The second-order valence-electron chi connectivity index (χ2n) is 4.69. The summed E-state index contributed by atoms with van der Waals surface area (Å²) in [7, 11) is 1.83. The Balaban J connectivity index is 2.10. The predicted octanol–water partition coefficient (Wildman–Crippen LogP) is 3.31. The molecule has 2 aromatic rings. The fraction of sp³-hybridized carbons (Fsp3) is 0.267. The third-order valence-electron chi connectivity index (χ3n) is 3.29. The van der Waals surface area contributed by atoms with Crippen LogP contribution < -0.4 is 0 Å². The maximum absolute atomic E-state index is 13.6. The van der Waals surface area contributed by atoms with Gasteiger partial charge >= 0.3 is 5.97 Å². The molecule has 4 nitrogen and oxygen atoms in total. The van der Waals surface area contributed by atoms with Crippen molar-refractivity contribution >= 4 is 5.97 Å². The molecule has 5 heteroatoms. The summed E-state index contributed by atoms with van der Waals surface area (Å²) < 4.78 is 18.9. The van der Waals surface area contributed by atoms with Crippen LogP contribution in [0.4, 0.5) is 4.39 Å². The summed E-state index contributed by atoms with van der Waals surface area (Å²) in [6.07, 6.45) is 0. The second-order valence-corrected chi connectivity index (χ2v) is 4.69. The van der Waals surface area contributed by atoms with Crippen molar-refractivity contribution in [1.82, 2.24) is 4.90 Å². The number of nitrogens with zero attached hydrogens (tertiary/aromatic N) is 1. The molecule has 0 fully saturated rings. The number of hydrogen-bond acceptors (Lipinski definition) is 3. The number of aromatic carboxylic acids is 1. The maximum atomic E-state index is 13.6. The molecule has 0 saturated heterocycles. The van der Waals surface area contributed by atoms with Gasteiger partial charge < -0.3 is 9.52 Å². The van der Waals surface area contributed by atoms with E-state index in [0.29, 0.717) is 17.9 Å². The molecule has 1 atom stereocenters. The lowest BCUT2D eigenvalue weighted by Gasteiger charge is -2.23. The molecule has 0 aliphatic carbocycles. The van der Waals surface area contributed by atoms with E-state index in [1.165, 1.54) is 12.1 Å². The Morgan fingerprint density at radius 2 is 2.05 bits per heavy atom. The van der Waals surface area contributed by atoms with Crippen molar-refractivity contribution in [3.05, 3.63) is 59.3 Å². The molecule has 2 rings (SSSR count). The summed E-state index contributed by atoms with van der Waals surface area (Å²) in [5.41, 5.74) is 0.590. The summed E-state index contributed by atoms with van der Waals surface area (Å²) in [6.45, 7) is 2.29. The Morgan fingerprint density at radius 1 is 1.35 bits per heavy atom. The first-order valence-corrected chi connectivity index (χ1v) is 6.25. The van der Waals surface area contributed by atoms with Gasteiger partial charge in [0, 0.05) is 12.1 Å². The average Bonchev–Trinajstić information content (AvgIpc) is 2.90. The van der Waals surface area contributed by atoms with E-state index in [0.717, 1.165) is 0 Å². The molecule has 1 N–H and O–H groups in total. The van der Waals surface area contributed by atoms with Crippen molar-refractivity contribution in [1.29, 1.82) is 0 Å². The molecular formula is C15H16FNO3. The number of carboxylic acid groups (broad SMARTS) is 1. The van der Waals surface area contributed by atoms with Crippen molar-refractivity contribution in [2.45, 2.75) is 19.5 Å². The lowest BCUT2D eigenvalue weighted by Crippen LogP contribution is -2.22. The highest BCUT2D eigenvalue weighted by molar-refractivity contribution is 5.84. The Bertz CT molecular complexity index is 609. The van der Waals surface area contributed by atoms with Gasteiger partial charge in [-0.25, -0.2) is 9.18 Å². The van der Waals surface area contributed by atoms with Crippen LogP contribution in [-0.2, 0) is 6.54 Å². The number of rotatable bonds is 5. The maximum Gasteiger partial charge on any atom is 0.371 e. The van der Waals surface area contributed by atoms with Crippen LogP contribution in [-0.4, -0.2) is 23.0 Å². The normalized spacial score (nSPS) is 12.6. The van der Waals surface area contributed by atoms with Gasteiger partial charge in [-0.2, -0.15) is 0 Å². The Labute approximate surface area is 116 Å². The van der Waals surface area contributed by atoms with Gasteiger partial charge in [0.05, 0.1) is 6.04 Å². The van der Waals surface area contributed by atoms with Crippen molar-refractivity contribution < 1.29 is 18.7 Å². The van der Waals surface area contributed by atoms with Crippen molar-refractivity contribution in [3.63, 3.8) is 0 Å². The molecule has 1 heterocycles. The van der Waals surface area contributed by atoms with E-state index in [9.17, 15) is 9.18 Å². The highest BCUT2D eigenvalue weighted by atomic mass is 19.1. The summed E-state index contributed by atoms with van der Waals surface area (Å²) >= 11 is 0. The number of carbonyl (C=O) groups is 1. The second kappa shape index (κ2) is 5.88. The third kappa shape index (κ3) is 3.05. The largest absolute Gasteiger partial charge is 0.475 e. The molecule has 0 saturated carbocycles. The standard InChI is InChI=1S/C15H16FNO3/c1-10(13-7-8-14(20-13)15(18)19)17(2)9-11-5-3-4-6-12(11)16/h3-8,10H,9H2,1-2H3,(H,18,19). The quantitative estimate of drug-likeness (QED) is 0.911. The summed E-state index contributed by atoms with van der Waals surface area (Å²) in [5.74, 6) is -0.898. The van der Waals surface area contributed by atoms with E-state index in [1.54, 1.807) is 24.3 Å². The van der Waals surface area contributed by atoms with Crippen LogP contribution in [0, 0.1) is 5.82 Å². The van der Waals surface area contributed by atoms with Gasteiger partial charge in [0.2, 0.25) is 5.76 Å². The van der Waals surface area contributed by atoms with E-state index < -0.39 is 5.97 Å². The van der Waals surface area contributed by atoms with Crippen LogP contribution in [0.1, 0.15) is 34.8 Å². The number of benzene rings is 1. The molecule has 20 heavy (non-hydrogen) atoms. The molecular weight excluding hydrogens is 261 g/mol. The fourth-order valence-corrected chi connectivity index (χ4v) is 1.94. The van der Waals surface area contributed by atoms with E-state index in [2.05, 4.69) is 0 Å². The smallest absolute Gasteiger partial charge is 0.371 e. The third-order valence-corrected chi connectivity index (χ3v) is 3.29. The van der Waals surface area contributed by atoms with Gasteiger partial charge in [-0.05, 0) is 32.2 Å².